The maximum Gasteiger partial charge on any atom is 0.253 e. The first-order valence-corrected chi connectivity index (χ1v) is 6.45. The number of nitrogen functional groups attached to an aromatic ring is 1. The van der Waals surface area contributed by atoms with Gasteiger partial charge in [0.05, 0.1) is 11.4 Å². The van der Waals surface area contributed by atoms with Gasteiger partial charge in [0.2, 0.25) is 0 Å². The predicted octanol–water partition coefficient (Wildman–Crippen LogP) is 1.96. The number of nitrogens with two attached hydrogens (primary N) is 1. The van der Waals surface area contributed by atoms with E-state index in [4.69, 9.17) is 5.73 Å². The first-order chi connectivity index (χ1) is 8.59. The number of carbonyl (C=O) groups is 1. The van der Waals surface area contributed by atoms with Crippen molar-refractivity contribution in [3.8, 4) is 0 Å². The molecule has 0 spiro atoms. The second kappa shape index (κ2) is 5.29. The molecule has 1 fully saturated rings. The Kier molecular flexibility index (Phi) is 3.75. The SMILES string of the molecule is CN(C)C(=O)c1ccc(N2CCCCC2)c(N)c1. The minimum atomic E-state index is -0.00751. The van der Waals surface area contributed by atoms with Crippen molar-refractivity contribution in [3.05, 3.63) is 23.8 Å². The van der Waals surface area contributed by atoms with E-state index in [-0.39, 0.29) is 5.91 Å². The highest BCUT2D eigenvalue weighted by molar-refractivity contribution is 5.95. The van der Waals surface area contributed by atoms with Crippen LogP contribution in [0.4, 0.5) is 11.4 Å². The van der Waals surface area contributed by atoms with Crippen molar-refractivity contribution in [1.82, 2.24) is 4.90 Å². The molecule has 1 aliphatic rings. The van der Waals surface area contributed by atoms with Gasteiger partial charge in [-0.3, -0.25) is 4.79 Å². The summed E-state index contributed by atoms with van der Waals surface area (Å²) in [5.41, 5.74) is 8.49. The van der Waals surface area contributed by atoms with Crippen LogP contribution < -0.4 is 10.6 Å². The van der Waals surface area contributed by atoms with E-state index in [1.165, 1.54) is 19.3 Å². The summed E-state index contributed by atoms with van der Waals surface area (Å²) in [5, 5.41) is 0. The van der Waals surface area contributed by atoms with Crippen molar-refractivity contribution in [2.75, 3.05) is 37.8 Å². The van der Waals surface area contributed by atoms with Crippen molar-refractivity contribution < 1.29 is 4.79 Å². The fraction of sp³-hybridized carbons (Fsp3) is 0.500. The van der Waals surface area contributed by atoms with Crippen molar-refractivity contribution in [2.24, 2.45) is 0 Å². The van der Waals surface area contributed by atoms with E-state index in [0.29, 0.717) is 11.3 Å². The van der Waals surface area contributed by atoms with E-state index < -0.39 is 0 Å². The Balaban J connectivity index is 2.21. The molecule has 1 aliphatic heterocycles. The molecule has 2 N–H and O–H groups in total. The molecule has 1 saturated heterocycles. The number of piperidine rings is 1. The molecule has 0 aliphatic carbocycles. The van der Waals surface area contributed by atoms with E-state index in [1.54, 1.807) is 25.1 Å². The minimum Gasteiger partial charge on any atom is -0.397 e. The van der Waals surface area contributed by atoms with Gasteiger partial charge >= 0.3 is 0 Å². The quantitative estimate of drug-likeness (QED) is 0.813. The normalized spacial score (nSPS) is 15.6. The van der Waals surface area contributed by atoms with Crippen LogP contribution >= 0.6 is 0 Å². The zero-order valence-electron chi connectivity index (χ0n) is 11.1. The van der Waals surface area contributed by atoms with Crippen LogP contribution in [-0.2, 0) is 0 Å². The molecule has 4 nitrogen and oxygen atoms in total. The van der Waals surface area contributed by atoms with Crippen LogP contribution in [0.1, 0.15) is 29.6 Å². The van der Waals surface area contributed by atoms with Gasteiger partial charge in [-0.1, -0.05) is 0 Å². The molecule has 0 atom stereocenters. The summed E-state index contributed by atoms with van der Waals surface area (Å²) >= 11 is 0. The standard InChI is InChI=1S/C14H21N3O/c1-16(2)14(18)11-6-7-13(12(15)10-11)17-8-4-3-5-9-17/h6-7,10H,3-5,8-9,15H2,1-2H3. The van der Waals surface area contributed by atoms with Crippen molar-refractivity contribution in [2.45, 2.75) is 19.3 Å². The largest absolute Gasteiger partial charge is 0.397 e. The zero-order chi connectivity index (χ0) is 13.1. The molecule has 1 amide bonds. The number of carbonyl (C=O) groups excluding carboxylic acids is 1. The van der Waals surface area contributed by atoms with E-state index in [1.807, 2.05) is 12.1 Å². The topological polar surface area (TPSA) is 49.6 Å². The maximum absolute atomic E-state index is 11.8. The van der Waals surface area contributed by atoms with Gasteiger partial charge < -0.3 is 15.5 Å². The Labute approximate surface area is 108 Å². The third-order valence-electron chi connectivity index (χ3n) is 3.38. The molecular weight excluding hydrogens is 226 g/mol. The number of anilines is 2. The predicted molar refractivity (Wildman–Crippen MR) is 74.9 cm³/mol. The monoisotopic (exact) mass is 247 g/mol. The summed E-state index contributed by atoms with van der Waals surface area (Å²) in [6.45, 7) is 2.12. The Morgan fingerprint density at radius 1 is 1.22 bits per heavy atom. The average molecular weight is 247 g/mol. The van der Waals surface area contributed by atoms with Gasteiger partial charge in [-0.05, 0) is 37.5 Å². The smallest absolute Gasteiger partial charge is 0.253 e. The Morgan fingerprint density at radius 2 is 1.89 bits per heavy atom. The van der Waals surface area contributed by atoms with Gasteiger partial charge in [0.1, 0.15) is 0 Å². The Morgan fingerprint density at radius 3 is 2.44 bits per heavy atom. The maximum atomic E-state index is 11.8. The first-order valence-electron chi connectivity index (χ1n) is 6.45. The minimum absolute atomic E-state index is 0.00751. The summed E-state index contributed by atoms with van der Waals surface area (Å²) in [7, 11) is 3.49. The highest BCUT2D eigenvalue weighted by Gasteiger charge is 2.15. The Bertz CT molecular complexity index is 437. The third kappa shape index (κ3) is 2.58. The van der Waals surface area contributed by atoms with Crippen LogP contribution in [0.25, 0.3) is 0 Å². The lowest BCUT2D eigenvalue weighted by atomic mass is 10.1. The fourth-order valence-electron chi connectivity index (χ4n) is 2.37. The first kappa shape index (κ1) is 12.7. The summed E-state index contributed by atoms with van der Waals surface area (Å²) in [6.07, 6.45) is 3.74. The molecule has 0 unspecified atom stereocenters. The lowest BCUT2D eigenvalue weighted by molar-refractivity contribution is 0.0827. The van der Waals surface area contributed by atoms with Crippen LogP contribution in [-0.4, -0.2) is 38.0 Å². The van der Waals surface area contributed by atoms with E-state index in [2.05, 4.69) is 4.90 Å². The van der Waals surface area contributed by atoms with E-state index in [0.717, 1.165) is 18.8 Å². The van der Waals surface area contributed by atoms with Gasteiger partial charge in [-0.15, -0.1) is 0 Å². The number of rotatable bonds is 2. The van der Waals surface area contributed by atoms with Crippen molar-refractivity contribution >= 4 is 17.3 Å². The molecule has 4 heteroatoms. The molecule has 0 saturated carbocycles. The molecule has 1 heterocycles. The van der Waals surface area contributed by atoms with Crippen LogP contribution in [0.15, 0.2) is 18.2 Å². The highest BCUT2D eigenvalue weighted by atomic mass is 16.2. The van der Waals surface area contributed by atoms with Crippen LogP contribution in [0.3, 0.4) is 0 Å². The third-order valence-corrected chi connectivity index (χ3v) is 3.38. The number of amides is 1. The second-order valence-electron chi connectivity index (χ2n) is 5.02. The summed E-state index contributed by atoms with van der Waals surface area (Å²) in [6, 6.07) is 5.62. The van der Waals surface area contributed by atoms with E-state index >= 15 is 0 Å². The molecule has 98 valence electrons. The lowest BCUT2D eigenvalue weighted by Crippen LogP contribution is -2.30. The van der Waals surface area contributed by atoms with Crippen LogP contribution in [0.2, 0.25) is 0 Å². The molecule has 0 bridgehead atoms. The summed E-state index contributed by atoms with van der Waals surface area (Å²) < 4.78 is 0. The van der Waals surface area contributed by atoms with Gasteiger partial charge in [0, 0.05) is 32.7 Å². The molecule has 0 aromatic heterocycles. The van der Waals surface area contributed by atoms with Gasteiger partial charge in [-0.25, -0.2) is 0 Å². The molecule has 1 aromatic carbocycles. The molecule has 0 radical (unpaired) electrons. The highest BCUT2D eigenvalue weighted by Crippen LogP contribution is 2.27. The van der Waals surface area contributed by atoms with Crippen molar-refractivity contribution in [1.29, 1.82) is 0 Å². The number of hydrogen-bond donors (Lipinski definition) is 1. The van der Waals surface area contributed by atoms with Crippen molar-refractivity contribution in [3.63, 3.8) is 0 Å². The summed E-state index contributed by atoms with van der Waals surface area (Å²) in [5.74, 6) is -0.00751. The number of hydrogen-bond acceptors (Lipinski definition) is 3. The Hall–Kier alpha value is -1.71. The molecular formula is C14H21N3O. The van der Waals surface area contributed by atoms with Crippen LogP contribution in [0.5, 0.6) is 0 Å². The number of benzene rings is 1. The average Bonchev–Trinajstić information content (AvgIpc) is 2.38. The van der Waals surface area contributed by atoms with Gasteiger partial charge in [0.25, 0.3) is 5.91 Å². The molecule has 2 rings (SSSR count). The van der Waals surface area contributed by atoms with Crippen LogP contribution in [0, 0.1) is 0 Å². The van der Waals surface area contributed by atoms with Gasteiger partial charge in [-0.2, -0.15) is 0 Å². The summed E-state index contributed by atoms with van der Waals surface area (Å²) in [4.78, 5) is 15.7. The number of nitrogens with zero attached hydrogens (tertiary/aromatic N) is 2. The molecule has 18 heavy (non-hydrogen) atoms. The zero-order valence-corrected chi connectivity index (χ0v) is 11.1. The second-order valence-corrected chi connectivity index (χ2v) is 5.02. The van der Waals surface area contributed by atoms with Gasteiger partial charge in [0.15, 0.2) is 0 Å². The van der Waals surface area contributed by atoms with E-state index in [9.17, 15) is 4.79 Å². The fourth-order valence-corrected chi connectivity index (χ4v) is 2.37. The molecule has 1 aromatic rings. The lowest BCUT2D eigenvalue weighted by Gasteiger charge is -2.30.